The van der Waals surface area contributed by atoms with E-state index in [-0.39, 0.29) is 18.2 Å². The minimum absolute atomic E-state index is 0. The maximum Gasteiger partial charge on any atom is 0.176 e. The molecule has 0 spiro atoms. The molecule has 0 saturated carbocycles. The van der Waals surface area contributed by atoms with Crippen LogP contribution in [0.5, 0.6) is 0 Å². The van der Waals surface area contributed by atoms with Crippen LogP contribution in [-0.4, -0.2) is 36.7 Å². The van der Waals surface area contributed by atoms with Gasteiger partial charge in [0.2, 0.25) is 0 Å². The van der Waals surface area contributed by atoms with Gasteiger partial charge in [0.25, 0.3) is 0 Å². The van der Waals surface area contributed by atoms with Gasteiger partial charge in [-0.15, -0.1) is 24.0 Å². The molecule has 0 fully saturated rings. The zero-order chi connectivity index (χ0) is 11.1. The van der Waals surface area contributed by atoms with Crippen molar-refractivity contribution in [1.82, 2.24) is 4.90 Å². The molecule has 0 bridgehead atoms. The molecule has 0 heterocycles. The van der Waals surface area contributed by atoms with Crippen molar-refractivity contribution >= 4 is 29.8 Å². The molecule has 1 aromatic carbocycles. The molecular formula is C12H17Cl2NO. The number of nitrogens with zero attached hydrogens (tertiary/aromatic N) is 1. The predicted molar refractivity (Wildman–Crippen MR) is 70.9 cm³/mol. The fourth-order valence-electron chi connectivity index (χ4n) is 1.37. The molecule has 0 amide bonds. The molecule has 1 rings (SSSR count). The van der Waals surface area contributed by atoms with E-state index in [1.807, 2.05) is 42.3 Å². The second-order valence-corrected chi connectivity index (χ2v) is 3.95. The highest BCUT2D eigenvalue weighted by Crippen LogP contribution is 2.01. The Hall–Kier alpha value is -0.570. The number of carbonyl (C=O) groups excluding carboxylic acids is 1. The number of halogens is 2. The van der Waals surface area contributed by atoms with Gasteiger partial charge < -0.3 is 0 Å². The number of benzene rings is 1. The predicted octanol–water partition coefficient (Wildman–Crippen LogP) is 2.85. The summed E-state index contributed by atoms with van der Waals surface area (Å²) in [5.74, 6) is 0.803. The lowest BCUT2D eigenvalue weighted by atomic mass is 10.1. The first-order chi connectivity index (χ1) is 7.24. The molecule has 0 atom stereocenters. The lowest BCUT2D eigenvalue weighted by Gasteiger charge is -2.14. The summed E-state index contributed by atoms with van der Waals surface area (Å²) in [5.41, 5.74) is 0.773. The summed E-state index contributed by atoms with van der Waals surface area (Å²) < 4.78 is 0. The second-order valence-electron chi connectivity index (χ2n) is 3.57. The van der Waals surface area contributed by atoms with E-state index in [4.69, 9.17) is 11.6 Å². The van der Waals surface area contributed by atoms with Gasteiger partial charge in [-0.05, 0) is 20.0 Å². The van der Waals surface area contributed by atoms with Crippen LogP contribution in [0, 0.1) is 0 Å². The molecule has 0 aliphatic carbocycles. The SMILES string of the molecule is CN(CCCCl)CC(=O)c1ccccc1.Cl. The van der Waals surface area contributed by atoms with Gasteiger partial charge >= 0.3 is 0 Å². The maximum absolute atomic E-state index is 11.7. The Morgan fingerprint density at radius 3 is 2.50 bits per heavy atom. The van der Waals surface area contributed by atoms with E-state index in [1.54, 1.807) is 0 Å². The van der Waals surface area contributed by atoms with Crippen LogP contribution in [0.15, 0.2) is 30.3 Å². The van der Waals surface area contributed by atoms with E-state index in [1.165, 1.54) is 0 Å². The lowest BCUT2D eigenvalue weighted by molar-refractivity contribution is 0.0946. The van der Waals surface area contributed by atoms with Crippen LogP contribution in [0.2, 0.25) is 0 Å². The molecule has 0 radical (unpaired) electrons. The number of hydrogen-bond acceptors (Lipinski definition) is 2. The van der Waals surface area contributed by atoms with Crippen molar-refractivity contribution < 1.29 is 4.79 Å². The van der Waals surface area contributed by atoms with Gasteiger partial charge in [0, 0.05) is 11.4 Å². The van der Waals surface area contributed by atoms with E-state index in [0.29, 0.717) is 12.4 Å². The molecule has 16 heavy (non-hydrogen) atoms. The molecule has 1 aromatic rings. The quantitative estimate of drug-likeness (QED) is 0.580. The normalized spacial score (nSPS) is 9.94. The average Bonchev–Trinajstić information content (AvgIpc) is 2.27. The van der Waals surface area contributed by atoms with Gasteiger partial charge in [0.15, 0.2) is 5.78 Å². The number of alkyl halides is 1. The van der Waals surface area contributed by atoms with Crippen molar-refractivity contribution in [1.29, 1.82) is 0 Å². The number of ketones is 1. The van der Waals surface area contributed by atoms with Crippen LogP contribution in [-0.2, 0) is 0 Å². The molecule has 4 heteroatoms. The van der Waals surface area contributed by atoms with Crippen LogP contribution in [0.1, 0.15) is 16.8 Å². The van der Waals surface area contributed by atoms with Crippen molar-refractivity contribution in [3.8, 4) is 0 Å². The largest absolute Gasteiger partial charge is 0.299 e. The van der Waals surface area contributed by atoms with E-state index < -0.39 is 0 Å². The summed E-state index contributed by atoms with van der Waals surface area (Å²) >= 11 is 5.59. The Kier molecular flexibility index (Phi) is 8.26. The third-order valence-electron chi connectivity index (χ3n) is 2.18. The molecule has 2 nitrogen and oxygen atoms in total. The maximum atomic E-state index is 11.7. The van der Waals surface area contributed by atoms with E-state index in [2.05, 4.69) is 0 Å². The molecule has 0 unspecified atom stereocenters. The Morgan fingerprint density at radius 1 is 1.31 bits per heavy atom. The summed E-state index contributed by atoms with van der Waals surface area (Å²) in [4.78, 5) is 13.7. The highest BCUT2D eigenvalue weighted by molar-refractivity contribution is 6.17. The van der Waals surface area contributed by atoms with Gasteiger partial charge in [0.05, 0.1) is 6.54 Å². The fourth-order valence-corrected chi connectivity index (χ4v) is 1.49. The standard InChI is InChI=1S/C12H16ClNO.ClH/c1-14(9-5-8-13)10-12(15)11-6-3-2-4-7-11;/h2-4,6-7H,5,8-10H2,1H3;1H. The van der Waals surface area contributed by atoms with Gasteiger partial charge in [-0.1, -0.05) is 30.3 Å². The Balaban J connectivity index is 0.00000225. The first-order valence-corrected chi connectivity index (χ1v) is 5.60. The number of likely N-dealkylation sites (N-methyl/N-ethyl adjacent to an activating group) is 1. The van der Waals surface area contributed by atoms with Crippen LogP contribution in [0.4, 0.5) is 0 Å². The Morgan fingerprint density at radius 2 is 1.94 bits per heavy atom. The van der Waals surface area contributed by atoms with Gasteiger partial charge in [-0.2, -0.15) is 0 Å². The van der Waals surface area contributed by atoms with Gasteiger partial charge in [-0.3, -0.25) is 9.69 Å². The molecule has 0 aliphatic rings. The average molecular weight is 262 g/mol. The van der Waals surface area contributed by atoms with Crippen molar-refractivity contribution in [3.05, 3.63) is 35.9 Å². The van der Waals surface area contributed by atoms with E-state index in [0.717, 1.165) is 18.5 Å². The van der Waals surface area contributed by atoms with Crippen LogP contribution >= 0.6 is 24.0 Å². The molecule has 0 aromatic heterocycles. The Labute approximate surface area is 108 Å². The molecular weight excluding hydrogens is 245 g/mol. The topological polar surface area (TPSA) is 20.3 Å². The monoisotopic (exact) mass is 261 g/mol. The smallest absolute Gasteiger partial charge is 0.176 e. The number of hydrogen-bond donors (Lipinski definition) is 0. The molecule has 0 aliphatic heterocycles. The van der Waals surface area contributed by atoms with Crippen molar-refractivity contribution in [2.45, 2.75) is 6.42 Å². The number of rotatable bonds is 6. The zero-order valence-corrected chi connectivity index (χ0v) is 10.9. The highest BCUT2D eigenvalue weighted by atomic mass is 35.5. The fraction of sp³-hybridized carbons (Fsp3) is 0.417. The van der Waals surface area contributed by atoms with Crippen LogP contribution in [0.25, 0.3) is 0 Å². The van der Waals surface area contributed by atoms with E-state index in [9.17, 15) is 4.79 Å². The van der Waals surface area contributed by atoms with Crippen molar-refractivity contribution in [3.63, 3.8) is 0 Å². The summed E-state index contributed by atoms with van der Waals surface area (Å²) in [7, 11) is 1.94. The van der Waals surface area contributed by atoms with Crippen LogP contribution in [0.3, 0.4) is 0 Å². The summed E-state index contributed by atoms with van der Waals surface area (Å²) in [5, 5.41) is 0. The first-order valence-electron chi connectivity index (χ1n) is 5.07. The summed E-state index contributed by atoms with van der Waals surface area (Å²) in [6.07, 6.45) is 0.917. The molecule has 0 N–H and O–H groups in total. The third kappa shape index (κ3) is 5.50. The number of Topliss-reactive ketones (excluding diaryl/α,β-unsaturated/α-hetero) is 1. The second kappa shape index (κ2) is 8.57. The van der Waals surface area contributed by atoms with Gasteiger partial charge in [-0.25, -0.2) is 0 Å². The minimum Gasteiger partial charge on any atom is -0.299 e. The minimum atomic E-state index is 0. The van der Waals surface area contributed by atoms with E-state index >= 15 is 0 Å². The Bertz CT molecular complexity index is 303. The first kappa shape index (κ1) is 15.4. The lowest BCUT2D eigenvalue weighted by Crippen LogP contribution is -2.27. The van der Waals surface area contributed by atoms with Crippen molar-refractivity contribution in [2.75, 3.05) is 26.0 Å². The zero-order valence-electron chi connectivity index (χ0n) is 9.36. The highest BCUT2D eigenvalue weighted by Gasteiger charge is 2.07. The third-order valence-corrected chi connectivity index (χ3v) is 2.45. The van der Waals surface area contributed by atoms with Crippen molar-refractivity contribution in [2.24, 2.45) is 0 Å². The van der Waals surface area contributed by atoms with Crippen LogP contribution < -0.4 is 0 Å². The molecule has 0 saturated heterocycles. The van der Waals surface area contributed by atoms with Gasteiger partial charge in [0.1, 0.15) is 0 Å². The molecule has 90 valence electrons. The summed E-state index contributed by atoms with van der Waals surface area (Å²) in [6.45, 7) is 1.32. The number of carbonyl (C=O) groups is 1. The summed E-state index contributed by atoms with van der Waals surface area (Å²) in [6, 6.07) is 9.36.